The number of hydrogen-bond donors (Lipinski definition) is 2. The van der Waals surface area contributed by atoms with Gasteiger partial charge in [0.1, 0.15) is 0 Å². The maximum atomic E-state index is 5.60. The van der Waals surface area contributed by atoms with E-state index in [2.05, 4.69) is 16.4 Å². The normalized spacial score (nSPS) is 20.5. The van der Waals surface area contributed by atoms with Crippen LogP contribution in [0.4, 0.5) is 0 Å². The largest absolute Gasteiger partial charge is 0.481 e. The molecule has 3 N–H and O–H groups in total. The summed E-state index contributed by atoms with van der Waals surface area (Å²) in [7, 11) is 1.64. The number of methoxy groups -OCH3 is 1. The van der Waals surface area contributed by atoms with Gasteiger partial charge in [-0.25, -0.2) is 4.98 Å². The van der Waals surface area contributed by atoms with Gasteiger partial charge in [0, 0.05) is 30.3 Å². The highest BCUT2D eigenvalue weighted by molar-refractivity contribution is 5.29. The zero-order valence-electron chi connectivity index (χ0n) is 8.99. The Hall–Kier alpha value is -1.13. The van der Waals surface area contributed by atoms with Crippen molar-refractivity contribution in [2.45, 2.75) is 18.9 Å². The van der Waals surface area contributed by atoms with E-state index in [1.807, 2.05) is 6.07 Å². The molecule has 1 saturated heterocycles. The number of nitrogens with zero attached hydrogens (tertiary/aromatic N) is 1. The monoisotopic (exact) mass is 207 g/mol. The van der Waals surface area contributed by atoms with Gasteiger partial charge < -0.3 is 15.8 Å². The number of nitrogens with two attached hydrogens (primary N) is 1. The van der Waals surface area contributed by atoms with Crippen LogP contribution in [0.15, 0.2) is 12.1 Å². The summed E-state index contributed by atoms with van der Waals surface area (Å²) in [5, 5.41) is 3.33. The lowest BCUT2D eigenvalue weighted by molar-refractivity contribution is 0.390. The number of aromatic nitrogens is 1. The van der Waals surface area contributed by atoms with Gasteiger partial charge in [0.25, 0.3) is 0 Å². The molecule has 0 saturated carbocycles. The van der Waals surface area contributed by atoms with Crippen molar-refractivity contribution in [3.05, 3.63) is 23.4 Å². The van der Waals surface area contributed by atoms with Gasteiger partial charge in [-0.1, -0.05) is 6.07 Å². The molecule has 1 aliphatic heterocycles. The minimum absolute atomic E-state index is 0.472. The third kappa shape index (κ3) is 2.11. The molecule has 1 atom stereocenters. The van der Waals surface area contributed by atoms with Gasteiger partial charge in [0.15, 0.2) is 0 Å². The van der Waals surface area contributed by atoms with Crippen molar-refractivity contribution in [3.8, 4) is 5.88 Å². The molecule has 0 amide bonds. The minimum Gasteiger partial charge on any atom is -0.481 e. The van der Waals surface area contributed by atoms with E-state index >= 15 is 0 Å². The highest BCUT2D eigenvalue weighted by Gasteiger charge is 2.18. The molecule has 1 aromatic heterocycles. The molecule has 2 heterocycles. The molecule has 0 aromatic carbocycles. The lowest BCUT2D eigenvalue weighted by Crippen LogP contribution is -2.10. The molecule has 1 aliphatic rings. The van der Waals surface area contributed by atoms with Crippen molar-refractivity contribution in [1.29, 1.82) is 0 Å². The topological polar surface area (TPSA) is 60.2 Å². The molecular weight excluding hydrogens is 190 g/mol. The van der Waals surface area contributed by atoms with E-state index in [9.17, 15) is 0 Å². The average molecular weight is 207 g/mol. The van der Waals surface area contributed by atoms with Crippen LogP contribution in [-0.2, 0) is 6.54 Å². The Kier molecular flexibility index (Phi) is 3.18. The highest BCUT2D eigenvalue weighted by Crippen LogP contribution is 2.24. The quantitative estimate of drug-likeness (QED) is 0.763. The number of hydrogen-bond acceptors (Lipinski definition) is 4. The molecule has 15 heavy (non-hydrogen) atoms. The third-order valence-corrected chi connectivity index (χ3v) is 2.85. The molecule has 4 heteroatoms. The number of pyridine rings is 1. The molecule has 0 radical (unpaired) electrons. The summed E-state index contributed by atoms with van der Waals surface area (Å²) >= 11 is 0. The van der Waals surface area contributed by atoms with Crippen LogP contribution in [-0.4, -0.2) is 25.2 Å². The van der Waals surface area contributed by atoms with Gasteiger partial charge >= 0.3 is 0 Å². The number of rotatable bonds is 3. The fraction of sp³-hybridized carbons (Fsp3) is 0.545. The van der Waals surface area contributed by atoms with Crippen molar-refractivity contribution in [2.75, 3.05) is 20.2 Å². The molecule has 1 unspecified atom stereocenters. The Balaban J connectivity index is 2.25. The highest BCUT2D eigenvalue weighted by atomic mass is 16.5. The van der Waals surface area contributed by atoms with Crippen LogP contribution in [0.3, 0.4) is 0 Å². The Morgan fingerprint density at radius 3 is 3.07 bits per heavy atom. The first-order chi connectivity index (χ1) is 7.35. The van der Waals surface area contributed by atoms with Crippen LogP contribution in [0.5, 0.6) is 5.88 Å². The summed E-state index contributed by atoms with van der Waals surface area (Å²) < 4.78 is 5.22. The Bertz CT molecular complexity index is 335. The van der Waals surface area contributed by atoms with Gasteiger partial charge in [0.2, 0.25) is 5.88 Å². The van der Waals surface area contributed by atoms with Crippen LogP contribution < -0.4 is 15.8 Å². The van der Waals surface area contributed by atoms with Crippen molar-refractivity contribution in [2.24, 2.45) is 5.73 Å². The first kappa shape index (κ1) is 10.4. The molecule has 0 aliphatic carbocycles. The van der Waals surface area contributed by atoms with Gasteiger partial charge in [-0.3, -0.25) is 0 Å². The lowest BCUT2D eigenvalue weighted by atomic mass is 10.0. The zero-order chi connectivity index (χ0) is 10.7. The van der Waals surface area contributed by atoms with E-state index in [1.165, 1.54) is 0 Å². The molecule has 0 bridgehead atoms. The van der Waals surface area contributed by atoms with Crippen LogP contribution in [0.1, 0.15) is 23.6 Å². The predicted octanol–water partition coefficient (Wildman–Crippen LogP) is 0.626. The lowest BCUT2D eigenvalue weighted by Gasteiger charge is -2.11. The van der Waals surface area contributed by atoms with Gasteiger partial charge in [0.05, 0.1) is 7.11 Å². The minimum atomic E-state index is 0.472. The van der Waals surface area contributed by atoms with E-state index in [4.69, 9.17) is 10.5 Å². The summed E-state index contributed by atoms with van der Waals surface area (Å²) in [5.74, 6) is 1.19. The van der Waals surface area contributed by atoms with Crippen molar-refractivity contribution in [3.63, 3.8) is 0 Å². The van der Waals surface area contributed by atoms with Crippen molar-refractivity contribution in [1.82, 2.24) is 10.3 Å². The van der Waals surface area contributed by atoms with Crippen LogP contribution in [0.25, 0.3) is 0 Å². The van der Waals surface area contributed by atoms with E-state index in [0.717, 1.165) is 30.8 Å². The summed E-state index contributed by atoms with van der Waals surface area (Å²) in [6.45, 7) is 2.56. The van der Waals surface area contributed by atoms with Gasteiger partial charge in [-0.2, -0.15) is 0 Å². The second-order valence-corrected chi connectivity index (χ2v) is 3.80. The molecule has 4 nitrogen and oxygen atoms in total. The third-order valence-electron chi connectivity index (χ3n) is 2.85. The molecule has 0 spiro atoms. The second-order valence-electron chi connectivity index (χ2n) is 3.80. The first-order valence-electron chi connectivity index (χ1n) is 5.29. The maximum Gasteiger partial charge on any atom is 0.217 e. The molecule has 82 valence electrons. The van der Waals surface area contributed by atoms with E-state index in [-0.39, 0.29) is 0 Å². The van der Waals surface area contributed by atoms with Crippen LogP contribution >= 0.6 is 0 Å². The standard InChI is InChI=1S/C11H17N3O/c1-15-11-8(6-12)2-3-10(14-11)9-4-5-13-7-9/h2-3,9,13H,4-7,12H2,1H3. The van der Waals surface area contributed by atoms with Crippen molar-refractivity contribution < 1.29 is 4.74 Å². The predicted molar refractivity (Wildman–Crippen MR) is 58.9 cm³/mol. The van der Waals surface area contributed by atoms with Gasteiger partial charge in [-0.15, -0.1) is 0 Å². The summed E-state index contributed by atoms with van der Waals surface area (Å²) in [4.78, 5) is 4.50. The van der Waals surface area contributed by atoms with Crippen LogP contribution in [0, 0.1) is 0 Å². The van der Waals surface area contributed by atoms with Gasteiger partial charge in [-0.05, 0) is 19.0 Å². The maximum absolute atomic E-state index is 5.60. The van der Waals surface area contributed by atoms with Crippen LogP contribution in [0.2, 0.25) is 0 Å². The van der Waals surface area contributed by atoms with E-state index < -0.39 is 0 Å². The van der Waals surface area contributed by atoms with Crippen molar-refractivity contribution >= 4 is 0 Å². The Morgan fingerprint density at radius 2 is 2.47 bits per heavy atom. The Morgan fingerprint density at radius 1 is 1.60 bits per heavy atom. The molecule has 2 rings (SSSR count). The molecule has 1 fully saturated rings. The Labute approximate surface area is 89.8 Å². The van der Waals surface area contributed by atoms with E-state index in [0.29, 0.717) is 18.3 Å². The molecular formula is C11H17N3O. The van der Waals surface area contributed by atoms with E-state index in [1.54, 1.807) is 7.11 Å². The summed E-state index contributed by atoms with van der Waals surface area (Å²) in [5.41, 5.74) is 7.67. The summed E-state index contributed by atoms with van der Waals surface area (Å²) in [6.07, 6.45) is 1.15. The smallest absolute Gasteiger partial charge is 0.217 e. The fourth-order valence-electron chi connectivity index (χ4n) is 1.95. The zero-order valence-corrected chi connectivity index (χ0v) is 8.99. The first-order valence-corrected chi connectivity index (χ1v) is 5.29. The SMILES string of the molecule is COc1nc(C2CCNC2)ccc1CN. The summed E-state index contributed by atoms with van der Waals surface area (Å²) in [6, 6.07) is 4.07. The number of ether oxygens (including phenoxy) is 1. The number of nitrogens with one attached hydrogen (secondary N) is 1. The average Bonchev–Trinajstić information content (AvgIpc) is 2.81. The second kappa shape index (κ2) is 4.59. The molecule has 1 aromatic rings. The fourth-order valence-corrected chi connectivity index (χ4v) is 1.95.